The van der Waals surface area contributed by atoms with Crippen molar-refractivity contribution in [2.75, 3.05) is 6.54 Å². The molecule has 0 saturated heterocycles. The zero-order chi connectivity index (χ0) is 25.7. The first kappa shape index (κ1) is 25.6. The van der Waals surface area contributed by atoms with Gasteiger partial charge in [-0.05, 0) is 61.2 Å². The van der Waals surface area contributed by atoms with Gasteiger partial charge in [-0.15, -0.1) is 0 Å². The van der Waals surface area contributed by atoms with E-state index in [0.717, 1.165) is 24.9 Å². The van der Waals surface area contributed by atoms with Gasteiger partial charge in [0.2, 0.25) is 0 Å². The highest BCUT2D eigenvalue weighted by molar-refractivity contribution is 6.33. The summed E-state index contributed by atoms with van der Waals surface area (Å²) in [5.74, 6) is 0.401. The Morgan fingerprint density at radius 3 is 2.33 bits per heavy atom. The predicted octanol–water partition coefficient (Wildman–Crippen LogP) is 7.00. The van der Waals surface area contributed by atoms with E-state index in [0.29, 0.717) is 40.3 Å². The molecule has 0 N–H and O–H groups in total. The summed E-state index contributed by atoms with van der Waals surface area (Å²) in [6, 6.07) is 22.1. The summed E-state index contributed by atoms with van der Waals surface area (Å²) in [4.78, 5) is 34.5. The van der Waals surface area contributed by atoms with Crippen LogP contribution in [-0.4, -0.2) is 26.9 Å². The lowest BCUT2D eigenvalue weighted by atomic mass is 10.1. The Kier molecular flexibility index (Phi) is 8.21. The number of nitrogens with zero attached hydrogens (tertiary/aromatic N) is 3. The Morgan fingerprint density at radius 1 is 0.972 bits per heavy atom. The SMILES string of the molecule is CCCCN(C(=O)c1ccccc1Cl)C(CC)c1nc2ccccc2c(=O)n1-c1ccc(CC)cc1. The fourth-order valence-corrected chi connectivity index (χ4v) is 4.78. The zero-order valence-corrected chi connectivity index (χ0v) is 21.8. The van der Waals surface area contributed by atoms with Crippen molar-refractivity contribution in [1.82, 2.24) is 14.5 Å². The van der Waals surface area contributed by atoms with Gasteiger partial charge in [-0.3, -0.25) is 14.2 Å². The van der Waals surface area contributed by atoms with Crippen molar-refractivity contribution in [1.29, 1.82) is 0 Å². The van der Waals surface area contributed by atoms with Gasteiger partial charge in [0.15, 0.2) is 0 Å². The maximum Gasteiger partial charge on any atom is 0.266 e. The van der Waals surface area contributed by atoms with E-state index < -0.39 is 6.04 Å². The summed E-state index contributed by atoms with van der Waals surface area (Å²) in [6.45, 7) is 6.76. The fraction of sp³-hybridized carbons (Fsp3) is 0.300. The minimum absolute atomic E-state index is 0.140. The maximum atomic E-state index is 13.9. The molecule has 1 unspecified atom stereocenters. The van der Waals surface area contributed by atoms with E-state index in [4.69, 9.17) is 16.6 Å². The number of carbonyl (C=O) groups excluding carboxylic acids is 1. The lowest BCUT2D eigenvalue weighted by Gasteiger charge is -2.32. The van der Waals surface area contributed by atoms with Gasteiger partial charge in [0.1, 0.15) is 5.82 Å². The van der Waals surface area contributed by atoms with Crippen LogP contribution in [0.4, 0.5) is 0 Å². The first-order valence-electron chi connectivity index (χ1n) is 12.7. The van der Waals surface area contributed by atoms with Crippen LogP contribution in [0.2, 0.25) is 5.02 Å². The number of unbranched alkanes of at least 4 members (excludes halogenated alkanes) is 1. The van der Waals surface area contributed by atoms with Crippen LogP contribution in [-0.2, 0) is 6.42 Å². The van der Waals surface area contributed by atoms with Crippen LogP contribution in [0.1, 0.15) is 67.8 Å². The third kappa shape index (κ3) is 5.07. The lowest BCUT2D eigenvalue weighted by molar-refractivity contribution is 0.0656. The second kappa shape index (κ2) is 11.5. The highest BCUT2D eigenvalue weighted by Gasteiger charge is 2.30. The summed E-state index contributed by atoms with van der Waals surface area (Å²) < 4.78 is 1.68. The Balaban J connectivity index is 1.94. The standard InChI is InChI=1S/C30H32ClN3O2/c1-4-7-20-33(29(35)23-12-8-10-14-25(23)31)27(6-3)28-32-26-15-11-9-13-24(26)30(36)34(28)22-18-16-21(5-2)17-19-22/h8-19,27H,4-7,20H2,1-3H3. The van der Waals surface area contributed by atoms with Crippen molar-refractivity contribution in [2.24, 2.45) is 0 Å². The third-order valence-electron chi connectivity index (χ3n) is 6.58. The highest BCUT2D eigenvalue weighted by atomic mass is 35.5. The van der Waals surface area contributed by atoms with Crippen LogP contribution < -0.4 is 5.56 Å². The quantitative estimate of drug-likeness (QED) is 0.248. The lowest BCUT2D eigenvalue weighted by Crippen LogP contribution is -2.39. The predicted molar refractivity (Wildman–Crippen MR) is 147 cm³/mol. The van der Waals surface area contributed by atoms with Gasteiger partial charge in [0, 0.05) is 6.54 Å². The van der Waals surface area contributed by atoms with Crippen LogP contribution in [0.25, 0.3) is 16.6 Å². The van der Waals surface area contributed by atoms with Crippen molar-refractivity contribution in [3.8, 4) is 5.69 Å². The molecule has 1 atom stereocenters. The summed E-state index contributed by atoms with van der Waals surface area (Å²) in [5, 5.41) is 0.964. The summed E-state index contributed by atoms with van der Waals surface area (Å²) in [5.41, 5.74) is 2.87. The van der Waals surface area contributed by atoms with E-state index in [9.17, 15) is 9.59 Å². The second-order valence-electron chi connectivity index (χ2n) is 8.90. The maximum absolute atomic E-state index is 13.9. The van der Waals surface area contributed by atoms with Gasteiger partial charge >= 0.3 is 0 Å². The van der Waals surface area contributed by atoms with Gasteiger partial charge in [-0.1, -0.05) is 75.2 Å². The molecule has 1 heterocycles. The number of para-hydroxylation sites is 1. The monoisotopic (exact) mass is 501 g/mol. The van der Waals surface area contributed by atoms with E-state index in [-0.39, 0.29) is 11.5 Å². The van der Waals surface area contributed by atoms with Gasteiger partial charge in [0.05, 0.1) is 33.2 Å². The molecule has 6 heteroatoms. The van der Waals surface area contributed by atoms with Crippen LogP contribution in [0.5, 0.6) is 0 Å². The highest BCUT2D eigenvalue weighted by Crippen LogP contribution is 2.29. The van der Waals surface area contributed by atoms with Crippen molar-refractivity contribution in [3.63, 3.8) is 0 Å². The molecule has 0 bridgehead atoms. The van der Waals surface area contributed by atoms with E-state index in [2.05, 4.69) is 13.8 Å². The summed E-state index contributed by atoms with van der Waals surface area (Å²) in [6.07, 6.45) is 3.26. The number of rotatable bonds is 9. The number of aryl methyl sites for hydroxylation is 1. The van der Waals surface area contributed by atoms with Crippen molar-refractivity contribution >= 4 is 28.4 Å². The number of hydrogen-bond acceptors (Lipinski definition) is 3. The first-order valence-corrected chi connectivity index (χ1v) is 13.0. The molecule has 0 fully saturated rings. The molecule has 0 aliphatic rings. The normalized spacial score (nSPS) is 12.0. The molecule has 0 spiro atoms. The molecule has 0 aliphatic carbocycles. The summed E-state index contributed by atoms with van der Waals surface area (Å²) >= 11 is 6.43. The van der Waals surface area contributed by atoms with Gasteiger partial charge < -0.3 is 4.90 Å². The molecule has 0 saturated carbocycles. The Labute approximate surface area is 217 Å². The number of amides is 1. The number of aromatic nitrogens is 2. The Hall–Kier alpha value is -3.44. The molecule has 36 heavy (non-hydrogen) atoms. The molecule has 4 rings (SSSR count). The summed E-state index contributed by atoms with van der Waals surface area (Å²) in [7, 11) is 0. The largest absolute Gasteiger partial charge is 0.328 e. The van der Waals surface area contributed by atoms with Gasteiger partial charge in [-0.25, -0.2) is 4.98 Å². The Bertz CT molecular complexity index is 1410. The van der Waals surface area contributed by atoms with E-state index in [1.54, 1.807) is 22.8 Å². The Morgan fingerprint density at radius 2 is 1.67 bits per heavy atom. The molecule has 1 aromatic heterocycles. The second-order valence-corrected chi connectivity index (χ2v) is 9.31. The number of halogens is 1. The zero-order valence-electron chi connectivity index (χ0n) is 21.1. The molecule has 0 radical (unpaired) electrons. The topological polar surface area (TPSA) is 55.2 Å². The molecule has 1 amide bonds. The van der Waals surface area contributed by atoms with Crippen LogP contribution in [0, 0.1) is 0 Å². The number of hydrogen-bond donors (Lipinski definition) is 0. The van der Waals surface area contributed by atoms with E-state index >= 15 is 0 Å². The van der Waals surface area contributed by atoms with Gasteiger partial charge in [0.25, 0.3) is 11.5 Å². The van der Waals surface area contributed by atoms with Crippen molar-refractivity contribution in [3.05, 3.63) is 105 Å². The average molecular weight is 502 g/mol. The molecule has 0 aliphatic heterocycles. The van der Waals surface area contributed by atoms with E-state index in [1.807, 2.05) is 66.4 Å². The smallest absolute Gasteiger partial charge is 0.266 e. The third-order valence-corrected chi connectivity index (χ3v) is 6.91. The van der Waals surface area contributed by atoms with Crippen LogP contribution in [0.15, 0.2) is 77.6 Å². The molecule has 5 nitrogen and oxygen atoms in total. The fourth-order valence-electron chi connectivity index (χ4n) is 4.56. The number of carbonyl (C=O) groups is 1. The van der Waals surface area contributed by atoms with Crippen molar-refractivity contribution < 1.29 is 4.79 Å². The molecular formula is C30H32ClN3O2. The first-order chi connectivity index (χ1) is 17.5. The van der Waals surface area contributed by atoms with Crippen LogP contribution >= 0.6 is 11.6 Å². The van der Waals surface area contributed by atoms with Gasteiger partial charge in [-0.2, -0.15) is 0 Å². The molecule has 4 aromatic rings. The van der Waals surface area contributed by atoms with Crippen molar-refractivity contribution in [2.45, 2.75) is 52.5 Å². The number of fused-ring (bicyclic) bond motifs is 1. The molecule has 186 valence electrons. The molecular weight excluding hydrogens is 470 g/mol. The number of benzene rings is 3. The molecule has 3 aromatic carbocycles. The minimum Gasteiger partial charge on any atom is -0.328 e. The van der Waals surface area contributed by atoms with E-state index in [1.165, 1.54) is 5.56 Å². The van der Waals surface area contributed by atoms with Crippen LogP contribution in [0.3, 0.4) is 0 Å². The minimum atomic E-state index is -0.413. The average Bonchev–Trinajstić information content (AvgIpc) is 2.91.